The summed E-state index contributed by atoms with van der Waals surface area (Å²) < 4.78 is 6.35. The summed E-state index contributed by atoms with van der Waals surface area (Å²) in [5.41, 5.74) is 3.31. The Morgan fingerprint density at radius 1 is 1.24 bits per heavy atom. The normalized spacial score (nSPS) is 20.7. The highest BCUT2D eigenvalue weighted by atomic mass is 16.5. The predicted molar refractivity (Wildman–Crippen MR) is 98.6 cm³/mol. The lowest BCUT2D eigenvalue weighted by Gasteiger charge is -2.30. The van der Waals surface area contributed by atoms with Crippen molar-refractivity contribution in [3.05, 3.63) is 54.0 Å². The third-order valence-corrected chi connectivity index (χ3v) is 5.06. The molecule has 1 aliphatic carbocycles. The van der Waals surface area contributed by atoms with E-state index in [2.05, 4.69) is 39.6 Å². The van der Waals surface area contributed by atoms with Gasteiger partial charge in [-0.1, -0.05) is 6.07 Å². The van der Waals surface area contributed by atoms with Crippen LogP contribution in [0.3, 0.4) is 0 Å². The summed E-state index contributed by atoms with van der Waals surface area (Å²) in [4.78, 5) is 4.38. The van der Waals surface area contributed by atoms with Crippen LogP contribution in [-0.4, -0.2) is 27.3 Å². The summed E-state index contributed by atoms with van der Waals surface area (Å²) >= 11 is 0. The van der Waals surface area contributed by atoms with Crippen LogP contribution in [0.2, 0.25) is 0 Å². The molecule has 0 aliphatic heterocycles. The van der Waals surface area contributed by atoms with E-state index < -0.39 is 0 Å². The van der Waals surface area contributed by atoms with Crippen LogP contribution in [0, 0.1) is 6.92 Å². The Bertz CT molecular complexity index is 830. The fourth-order valence-corrected chi connectivity index (χ4v) is 3.63. The van der Waals surface area contributed by atoms with E-state index in [1.165, 1.54) is 12.8 Å². The molecule has 2 N–H and O–H groups in total. The van der Waals surface area contributed by atoms with Crippen molar-refractivity contribution in [3.63, 3.8) is 0 Å². The topological polar surface area (TPSA) is 62.8 Å². The van der Waals surface area contributed by atoms with Crippen molar-refractivity contribution in [2.45, 2.75) is 51.3 Å². The first-order valence-electron chi connectivity index (χ1n) is 9.02. The average molecular weight is 336 g/mol. The third-order valence-electron chi connectivity index (χ3n) is 5.06. The summed E-state index contributed by atoms with van der Waals surface area (Å²) in [6.07, 6.45) is 8.52. The van der Waals surface area contributed by atoms with Gasteiger partial charge in [0.05, 0.1) is 17.4 Å². The first kappa shape index (κ1) is 16.1. The molecule has 25 heavy (non-hydrogen) atoms. The van der Waals surface area contributed by atoms with Crippen LogP contribution in [-0.2, 0) is 6.54 Å². The van der Waals surface area contributed by atoms with Crippen molar-refractivity contribution in [1.82, 2.24) is 20.5 Å². The lowest BCUT2D eigenvalue weighted by Crippen LogP contribution is -2.38. The molecular formula is C20H24N4O. The lowest BCUT2D eigenvalue weighted by molar-refractivity contribution is 0.133. The number of hydrogen-bond acceptors (Lipinski definition) is 4. The molecule has 2 atom stereocenters. The van der Waals surface area contributed by atoms with Crippen LogP contribution in [0.1, 0.15) is 36.9 Å². The molecule has 1 fully saturated rings. The third kappa shape index (κ3) is 3.66. The zero-order valence-corrected chi connectivity index (χ0v) is 14.5. The molecule has 3 aromatic rings. The molecule has 1 aliphatic rings. The largest absolute Gasteiger partial charge is 0.490 e. The highest BCUT2D eigenvalue weighted by Gasteiger charge is 2.23. The van der Waals surface area contributed by atoms with Crippen LogP contribution in [0.5, 0.6) is 5.75 Å². The number of H-pyrrole nitrogens is 1. The minimum Gasteiger partial charge on any atom is -0.490 e. The molecule has 5 heteroatoms. The van der Waals surface area contributed by atoms with Crippen molar-refractivity contribution in [3.8, 4) is 5.75 Å². The molecule has 0 unspecified atom stereocenters. The van der Waals surface area contributed by atoms with Gasteiger partial charge in [0, 0.05) is 29.7 Å². The zero-order valence-electron chi connectivity index (χ0n) is 14.5. The molecular weight excluding hydrogens is 312 g/mol. The van der Waals surface area contributed by atoms with Gasteiger partial charge < -0.3 is 10.1 Å². The van der Waals surface area contributed by atoms with Gasteiger partial charge in [-0.15, -0.1) is 0 Å². The number of ether oxygens (including phenoxy) is 1. The fraction of sp³-hybridized carbons (Fsp3) is 0.400. The number of pyridine rings is 1. The van der Waals surface area contributed by atoms with E-state index in [1.54, 1.807) is 0 Å². The van der Waals surface area contributed by atoms with Crippen molar-refractivity contribution in [1.29, 1.82) is 0 Å². The molecule has 2 heterocycles. The highest BCUT2D eigenvalue weighted by molar-refractivity contribution is 5.83. The summed E-state index contributed by atoms with van der Waals surface area (Å²) in [6, 6.07) is 10.6. The first-order valence-corrected chi connectivity index (χ1v) is 9.02. The Labute approximate surface area is 147 Å². The Kier molecular flexibility index (Phi) is 4.65. The summed E-state index contributed by atoms with van der Waals surface area (Å²) in [6.45, 7) is 2.92. The van der Waals surface area contributed by atoms with Crippen LogP contribution < -0.4 is 10.1 Å². The second-order valence-electron chi connectivity index (χ2n) is 6.83. The van der Waals surface area contributed by atoms with Crippen LogP contribution in [0.25, 0.3) is 10.9 Å². The number of rotatable bonds is 5. The van der Waals surface area contributed by atoms with Crippen LogP contribution >= 0.6 is 0 Å². The van der Waals surface area contributed by atoms with E-state index in [-0.39, 0.29) is 6.10 Å². The molecule has 0 saturated heterocycles. The summed E-state index contributed by atoms with van der Waals surface area (Å²) in [5, 5.41) is 11.9. The van der Waals surface area contributed by atoms with Crippen molar-refractivity contribution >= 4 is 10.9 Å². The maximum absolute atomic E-state index is 6.35. The summed E-state index contributed by atoms with van der Waals surface area (Å²) in [7, 11) is 0. The Balaban J connectivity index is 1.38. The van der Waals surface area contributed by atoms with E-state index in [0.29, 0.717) is 6.04 Å². The van der Waals surface area contributed by atoms with Gasteiger partial charge in [0.15, 0.2) is 0 Å². The predicted octanol–water partition coefficient (Wildman–Crippen LogP) is 3.75. The van der Waals surface area contributed by atoms with E-state index in [0.717, 1.165) is 47.3 Å². The van der Waals surface area contributed by atoms with Crippen LogP contribution in [0.15, 0.2) is 42.7 Å². The zero-order chi connectivity index (χ0) is 17.1. The minimum absolute atomic E-state index is 0.262. The SMILES string of the molecule is Cc1c(O[C@@H]2CCC[C@H](NCc3ccccn3)C2)ccc2[nH]ncc12. The molecule has 5 nitrogen and oxygen atoms in total. The monoisotopic (exact) mass is 336 g/mol. The molecule has 2 aromatic heterocycles. The molecule has 1 aromatic carbocycles. The number of nitrogens with zero attached hydrogens (tertiary/aromatic N) is 2. The number of hydrogen-bond donors (Lipinski definition) is 2. The highest BCUT2D eigenvalue weighted by Crippen LogP contribution is 2.30. The first-order chi connectivity index (χ1) is 12.3. The smallest absolute Gasteiger partial charge is 0.123 e. The van der Waals surface area contributed by atoms with Gasteiger partial charge in [-0.3, -0.25) is 10.1 Å². The van der Waals surface area contributed by atoms with Gasteiger partial charge in [-0.25, -0.2) is 0 Å². The maximum atomic E-state index is 6.35. The number of aromatic nitrogens is 3. The molecule has 0 bridgehead atoms. The van der Waals surface area contributed by atoms with Gasteiger partial charge in [-0.2, -0.15) is 5.10 Å². The van der Waals surface area contributed by atoms with Gasteiger partial charge >= 0.3 is 0 Å². The number of nitrogens with one attached hydrogen (secondary N) is 2. The second kappa shape index (κ2) is 7.23. The molecule has 0 spiro atoms. The quantitative estimate of drug-likeness (QED) is 0.745. The van der Waals surface area contributed by atoms with Crippen molar-refractivity contribution < 1.29 is 4.74 Å². The number of aromatic amines is 1. The van der Waals surface area contributed by atoms with E-state index >= 15 is 0 Å². The molecule has 130 valence electrons. The molecule has 0 amide bonds. The average Bonchev–Trinajstić information content (AvgIpc) is 3.13. The standard InChI is InChI=1S/C20H24N4O/c1-14-18-13-23-24-19(18)8-9-20(14)25-17-7-4-6-15(11-17)22-12-16-5-2-3-10-21-16/h2-3,5,8-10,13,15,17,22H,4,6-7,11-12H2,1H3,(H,23,24)/t15-,17+/m0/s1. The minimum atomic E-state index is 0.262. The fourth-order valence-electron chi connectivity index (χ4n) is 3.63. The van der Waals surface area contributed by atoms with Crippen molar-refractivity contribution in [2.75, 3.05) is 0 Å². The second-order valence-corrected chi connectivity index (χ2v) is 6.83. The maximum Gasteiger partial charge on any atom is 0.123 e. The Morgan fingerprint density at radius 3 is 3.08 bits per heavy atom. The van der Waals surface area contributed by atoms with Gasteiger partial charge in [0.25, 0.3) is 0 Å². The molecule has 0 radical (unpaired) electrons. The number of benzene rings is 1. The van der Waals surface area contributed by atoms with Gasteiger partial charge in [0.1, 0.15) is 11.9 Å². The van der Waals surface area contributed by atoms with Crippen LogP contribution in [0.4, 0.5) is 0 Å². The van der Waals surface area contributed by atoms with Crippen molar-refractivity contribution in [2.24, 2.45) is 0 Å². The number of aryl methyl sites for hydroxylation is 1. The lowest BCUT2D eigenvalue weighted by atomic mass is 9.92. The Morgan fingerprint density at radius 2 is 2.20 bits per heavy atom. The van der Waals surface area contributed by atoms with E-state index in [1.807, 2.05) is 30.6 Å². The molecule has 4 rings (SSSR count). The summed E-state index contributed by atoms with van der Waals surface area (Å²) in [5.74, 6) is 0.976. The van der Waals surface area contributed by atoms with Gasteiger partial charge in [-0.05, 0) is 56.9 Å². The van der Waals surface area contributed by atoms with Gasteiger partial charge in [0.2, 0.25) is 0 Å². The molecule has 1 saturated carbocycles. The van der Waals surface area contributed by atoms with E-state index in [9.17, 15) is 0 Å². The Hall–Kier alpha value is -2.40. The van der Waals surface area contributed by atoms with E-state index in [4.69, 9.17) is 4.74 Å². The number of fused-ring (bicyclic) bond motifs is 1.